The highest BCUT2D eigenvalue weighted by Gasteiger charge is 2.11. The van der Waals surface area contributed by atoms with Crippen molar-refractivity contribution in [3.05, 3.63) is 16.1 Å². The molecule has 3 nitrogen and oxygen atoms in total. The van der Waals surface area contributed by atoms with Gasteiger partial charge in [0, 0.05) is 24.4 Å². The summed E-state index contributed by atoms with van der Waals surface area (Å²) in [6.45, 7) is 7.83. The van der Waals surface area contributed by atoms with E-state index in [-0.39, 0.29) is 6.04 Å². The first kappa shape index (κ1) is 13.6. The van der Waals surface area contributed by atoms with Crippen LogP contribution in [0.2, 0.25) is 0 Å². The monoisotopic (exact) mass is 242 g/mol. The van der Waals surface area contributed by atoms with E-state index in [1.54, 1.807) is 11.3 Å². The largest absolute Gasteiger partial charge is 0.374 e. The molecule has 0 spiro atoms. The molecule has 0 fully saturated rings. The minimum absolute atomic E-state index is 0.200. The van der Waals surface area contributed by atoms with E-state index in [0.717, 1.165) is 30.2 Å². The molecule has 4 heteroatoms. The van der Waals surface area contributed by atoms with E-state index in [1.807, 2.05) is 0 Å². The molecule has 0 saturated carbocycles. The second-order valence-corrected chi connectivity index (χ2v) is 5.34. The molecule has 0 aliphatic carbocycles. The van der Waals surface area contributed by atoms with Crippen LogP contribution in [0.5, 0.6) is 0 Å². The van der Waals surface area contributed by atoms with Crippen LogP contribution in [-0.2, 0) is 17.8 Å². The molecule has 0 saturated heterocycles. The van der Waals surface area contributed by atoms with Crippen LogP contribution < -0.4 is 5.73 Å². The zero-order valence-electron chi connectivity index (χ0n) is 10.4. The molecule has 1 atom stereocenters. The third-order valence-electron chi connectivity index (χ3n) is 2.47. The maximum Gasteiger partial charge on any atom is 0.119 e. The maximum atomic E-state index is 6.01. The molecule has 1 rings (SSSR count). The Morgan fingerprint density at radius 2 is 2.25 bits per heavy atom. The van der Waals surface area contributed by atoms with Gasteiger partial charge in [-0.05, 0) is 12.3 Å². The number of nitrogens with two attached hydrogens (primary N) is 1. The molecular formula is C12H22N2OS. The highest BCUT2D eigenvalue weighted by atomic mass is 32.1. The molecule has 0 radical (unpaired) electrons. The third kappa shape index (κ3) is 4.60. The van der Waals surface area contributed by atoms with Gasteiger partial charge in [-0.1, -0.05) is 20.8 Å². The smallest absolute Gasteiger partial charge is 0.119 e. The van der Waals surface area contributed by atoms with Crippen LogP contribution in [0.15, 0.2) is 5.38 Å². The van der Waals surface area contributed by atoms with Crippen molar-refractivity contribution in [3.8, 4) is 0 Å². The van der Waals surface area contributed by atoms with Gasteiger partial charge in [0.05, 0.1) is 12.3 Å². The quantitative estimate of drug-likeness (QED) is 0.748. The molecule has 0 bridgehead atoms. The zero-order chi connectivity index (χ0) is 12.0. The summed E-state index contributed by atoms with van der Waals surface area (Å²) in [6.07, 6.45) is 1.92. The van der Waals surface area contributed by atoms with E-state index in [2.05, 4.69) is 31.1 Å². The number of rotatable bonds is 7. The fourth-order valence-electron chi connectivity index (χ4n) is 1.29. The average Bonchev–Trinajstić information content (AvgIpc) is 2.66. The second kappa shape index (κ2) is 6.99. The number of ether oxygens (including phenoxy) is 1. The third-order valence-corrected chi connectivity index (χ3v) is 3.35. The van der Waals surface area contributed by atoms with Crippen LogP contribution >= 0.6 is 11.3 Å². The number of hydrogen-bond acceptors (Lipinski definition) is 4. The highest BCUT2D eigenvalue weighted by Crippen LogP contribution is 2.14. The van der Waals surface area contributed by atoms with Crippen LogP contribution in [0.3, 0.4) is 0 Å². The molecule has 1 aromatic heterocycles. The van der Waals surface area contributed by atoms with E-state index < -0.39 is 0 Å². The van der Waals surface area contributed by atoms with Crippen LogP contribution in [0.1, 0.15) is 37.9 Å². The Labute approximate surface area is 102 Å². The summed E-state index contributed by atoms with van der Waals surface area (Å²) in [6, 6.07) is 0.200. The Balaban J connectivity index is 2.39. The predicted molar refractivity (Wildman–Crippen MR) is 68.6 cm³/mol. The summed E-state index contributed by atoms with van der Waals surface area (Å²) in [4.78, 5) is 4.52. The van der Waals surface area contributed by atoms with Crippen LogP contribution in [-0.4, -0.2) is 17.6 Å². The molecule has 16 heavy (non-hydrogen) atoms. The first-order valence-electron chi connectivity index (χ1n) is 5.90. The van der Waals surface area contributed by atoms with Gasteiger partial charge in [-0.3, -0.25) is 0 Å². The minimum Gasteiger partial charge on any atom is -0.374 e. The summed E-state index contributed by atoms with van der Waals surface area (Å²) in [5, 5.41) is 3.15. The number of hydrogen-bond donors (Lipinski definition) is 1. The summed E-state index contributed by atoms with van der Waals surface area (Å²) in [7, 11) is 0. The van der Waals surface area contributed by atoms with Gasteiger partial charge in [-0.15, -0.1) is 11.3 Å². The topological polar surface area (TPSA) is 48.1 Å². The van der Waals surface area contributed by atoms with E-state index >= 15 is 0 Å². The summed E-state index contributed by atoms with van der Waals surface area (Å²) in [5.41, 5.74) is 7.11. The van der Waals surface area contributed by atoms with Gasteiger partial charge in [0.2, 0.25) is 0 Å². The van der Waals surface area contributed by atoms with E-state index in [1.165, 1.54) is 0 Å². The normalized spacial score (nSPS) is 13.3. The van der Waals surface area contributed by atoms with Crippen molar-refractivity contribution in [3.63, 3.8) is 0 Å². The van der Waals surface area contributed by atoms with Crippen molar-refractivity contribution in [2.75, 3.05) is 6.61 Å². The highest BCUT2D eigenvalue weighted by molar-refractivity contribution is 7.09. The van der Waals surface area contributed by atoms with Crippen molar-refractivity contribution in [2.24, 2.45) is 11.7 Å². The average molecular weight is 242 g/mol. The van der Waals surface area contributed by atoms with Crippen LogP contribution in [0.4, 0.5) is 0 Å². The van der Waals surface area contributed by atoms with Gasteiger partial charge in [0.25, 0.3) is 0 Å². The first-order chi connectivity index (χ1) is 7.63. The molecule has 92 valence electrons. The lowest BCUT2D eigenvalue weighted by Crippen LogP contribution is -2.28. The number of thiazole rings is 1. The van der Waals surface area contributed by atoms with Gasteiger partial charge in [-0.25, -0.2) is 4.98 Å². The van der Waals surface area contributed by atoms with Gasteiger partial charge in [-0.2, -0.15) is 0 Å². The molecule has 1 heterocycles. The lowest BCUT2D eigenvalue weighted by atomic mass is 10.0. The standard InChI is InChI=1S/C12H22N2OS/c1-4-5-15-7-12-14-10(8-16-12)6-11(13)9(2)3/h8-9,11H,4-7,13H2,1-3H3. The Bertz CT molecular complexity index is 299. The Morgan fingerprint density at radius 1 is 1.50 bits per heavy atom. The molecule has 1 unspecified atom stereocenters. The van der Waals surface area contributed by atoms with Crippen molar-refractivity contribution in [1.29, 1.82) is 0 Å². The number of nitrogens with zero attached hydrogens (tertiary/aromatic N) is 1. The predicted octanol–water partition coefficient (Wildman–Crippen LogP) is 2.60. The SMILES string of the molecule is CCCOCc1nc(CC(N)C(C)C)cs1. The van der Waals surface area contributed by atoms with Crippen molar-refractivity contribution in [1.82, 2.24) is 4.98 Å². The van der Waals surface area contributed by atoms with Crippen molar-refractivity contribution in [2.45, 2.75) is 46.3 Å². The lowest BCUT2D eigenvalue weighted by molar-refractivity contribution is 0.121. The first-order valence-corrected chi connectivity index (χ1v) is 6.78. The Hall–Kier alpha value is -0.450. The van der Waals surface area contributed by atoms with Crippen molar-refractivity contribution >= 4 is 11.3 Å². The molecule has 0 aromatic carbocycles. The van der Waals surface area contributed by atoms with Crippen LogP contribution in [0.25, 0.3) is 0 Å². The molecule has 2 N–H and O–H groups in total. The number of aromatic nitrogens is 1. The molecule has 0 aliphatic heterocycles. The maximum absolute atomic E-state index is 6.01. The van der Waals surface area contributed by atoms with E-state index in [0.29, 0.717) is 12.5 Å². The Kier molecular flexibility index (Phi) is 5.95. The van der Waals surface area contributed by atoms with Gasteiger partial charge < -0.3 is 10.5 Å². The summed E-state index contributed by atoms with van der Waals surface area (Å²) >= 11 is 1.66. The zero-order valence-corrected chi connectivity index (χ0v) is 11.2. The second-order valence-electron chi connectivity index (χ2n) is 4.40. The van der Waals surface area contributed by atoms with E-state index in [4.69, 9.17) is 10.5 Å². The lowest BCUT2D eigenvalue weighted by Gasteiger charge is -2.13. The summed E-state index contributed by atoms with van der Waals surface area (Å²) in [5.74, 6) is 0.501. The summed E-state index contributed by atoms with van der Waals surface area (Å²) < 4.78 is 5.45. The minimum atomic E-state index is 0.200. The van der Waals surface area contributed by atoms with Crippen LogP contribution in [0, 0.1) is 5.92 Å². The fourth-order valence-corrected chi connectivity index (χ4v) is 2.03. The molecular weight excluding hydrogens is 220 g/mol. The van der Waals surface area contributed by atoms with Gasteiger partial charge >= 0.3 is 0 Å². The molecule has 0 aliphatic rings. The fraction of sp³-hybridized carbons (Fsp3) is 0.750. The Morgan fingerprint density at radius 3 is 2.88 bits per heavy atom. The molecule has 1 aromatic rings. The van der Waals surface area contributed by atoms with Gasteiger partial charge in [0.15, 0.2) is 0 Å². The molecule has 0 amide bonds. The van der Waals surface area contributed by atoms with Crippen molar-refractivity contribution < 1.29 is 4.74 Å². The van der Waals surface area contributed by atoms with Gasteiger partial charge in [0.1, 0.15) is 5.01 Å². The van der Waals surface area contributed by atoms with E-state index in [9.17, 15) is 0 Å².